The lowest BCUT2D eigenvalue weighted by molar-refractivity contribution is 0.475. The number of piperidine rings is 1. The molecule has 3 aromatic rings. The number of hydrogen-bond acceptors (Lipinski definition) is 6. The van der Waals surface area contributed by atoms with E-state index in [2.05, 4.69) is 53.8 Å². The molecule has 1 aliphatic carbocycles. The van der Waals surface area contributed by atoms with E-state index in [9.17, 15) is 0 Å². The first-order chi connectivity index (χ1) is 13.2. The van der Waals surface area contributed by atoms with Crippen molar-refractivity contribution in [3.05, 3.63) is 41.0 Å². The molecule has 140 valence electrons. The van der Waals surface area contributed by atoms with Crippen LogP contribution >= 0.6 is 15.9 Å². The Kier molecular flexibility index (Phi) is 4.22. The molecular formula is C19H22BrN7. The van der Waals surface area contributed by atoms with E-state index in [4.69, 9.17) is 5.10 Å². The maximum Gasteiger partial charge on any atom is 0.225 e. The Balaban J connectivity index is 1.31. The summed E-state index contributed by atoms with van der Waals surface area (Å²) in [4.78, 5) is 18.1. The Morgan fingerprint density at radius 3 is 2.52 bits per heavy atom. The van der Waals surface area contributed by atoms with Gasteiger partial charge < -0.3 is 9.80 Å². The van der Waals surface area contributed by atoms with Crippen molar-refractivity contribution in [1.29, 1.82) is 0 Å². The fourth-order valence-electron chi connectivity index (χ4n) is 3.87. The maximum atomic E-state index is 4.74. The minimum absolute atomic E-state index is 0.439. The van der Waals surface area contributed by atoms with E-state index in [1.54, 1.807) is 12.4 Å². The van der Waals surface area contributed by atoms with Crippen LogP contribution in [-0.4, -0.2) is 50.7 Å². The van der Waals surface area contributed by atoms with Crippen LogP contribution in [-0.2, 0) is 0 Å². The van der Waals surface area contributed by atoms with Crippen LogP contribution < -0.4 is 9.80 Å². The predicted molar refractivity (Wildman–Crippen MR) is 108 cm³/mol. The molecule has 27 heavy (non-hydrogen) atoms. The van der Waals surface area contributed by atoms with Gasteiger partial charge in [-0.3, -0.25) is 0 Å². The van der Waals surface area contributed by atoms with Gasteiger partial charge in [0.2, 0.25) is 5.95 Å². The fraction of sp³-hybridized carbons (Fsp3) is 0.474. The topological polar surface area (TPSA) is 62.5 Å². The summed E-state index contributed by atoms with van der Waals surface area (Å²) < 4.78 is 2.89. The van der Waals surface area contributed by atoms with E-state index in [0.717, 1.165) is 47.7 Å². The second-order valence-corrected chi connectivity index (χ2v) is 8.37. The second kappa shape index (κ2) is 6.74. The monoisotopic (exact) mass is 427 g/mol. The molecule has 2 fully saturated rings. The highest BCUT2D eigenvalue weighted by Crippen LogP contribution is 2.40. The predicted octanol–water partition coefficient (Wildman–Crippen LogP) is 3.26. The molecule has 0 amide bonds. The highest BCUT2D eigenvalue weighted by Gasteiger charge is 2.29. The number of halogens is 1. The van der Waals surface area contributed by atoms with Gasteiger partial charge in [-0.1, -0.05) is 0 Å². The third-order valence-electron chi connectivity index (χ3n) is 5.62. The molecule has 0 bridgehead atoms. The van der Waals surface area contributed by atoms with Crippen LogP contribution in [0.2, 0.25) is 0 Å². The lowest BCUT2D eigenvalue weighted by Crippen LogP contribution is -2.44. The maximum absolute atomic E-state index is 4.74. The van der Waals surface area contributed by atoms with E-state index in [1.165, 1.54) is 18.5 Å². The van der Waals surface area contributed by atoms with Gasteiger partial charge in [0, 0.05) is 56.9 Å². The van der Waals surface area contributed by atoms with Crippen LogP contribution in [0.5, 0.6) is 0 Å². The highest BCUT2D eigenvalue weighted by molar-refractivity contribution is 9.10. The molecule has 1 aliphatic heterocycles. The third-order valence-corrected chi connectivity index (χ3v) is 6.03. The Hall–Kier alpha value is -2.22. The molecule has 2 aliphatic rings. The smallest absolute Gasteiger partial charge is 0.225 e. The number of rotatable bonds is 4. The molecule has 0 unspecified atom stereocenters. The number of anilines is 2. The third kappa shape index (κ3) is 3.26. The van der Waals surface area contributed by atoms with Crippen LogP contribution in [0.3, 0.4) is 0 Å². The largest absolute Gasteiger partial charge is 0.355 e. The van der Waals surface area contributed by atoms with E-state index < -0.39 is 0 Å². The Morgan fingerprint density at radius 2 is 1.81 bits per heavy atom. The van der Waals surface area contributed by atoms with Gasteiger partial charge in [-0.2, -0.15) is 5.10 Å². The summed E-state index contributed by atoms with van der Waals surface area (Å²) in [5.41, 5.74) is 2.34. The zero-order valence-corrected chi connectivity index (χ0v) is 16.9. The van der Waals surface area contributed by atoms with Crippen molar-refractivity contribution in [3.63, 3.8) is 0 Å². The summed E-state index contributed by atoms with van der Waals surface area (Å²) >= 11 is 3.39. The lowest BCUT2D eigenvalue weighted by Gasteiger charge is -2.37. The summed E-state index contributed by atoms with van der Waals surface area (Å²) in [5.74, 6) is 2.49. The van der Waals surface area contributed by atoms with Crippen LogP contribution in [0.25, 0.3) is 5.52 Å². The molecule has 8 heteroatoms. The summed E-state index contributed by atoms with van der Waals surface area (Å²) in [7, 11) is 2.08. The average Bonchev–Trinajstić information content (AvgIpc) is 3.46. The molecule has 4 heterocycles. The summed E-state index contributed by atoms with van der Waals surface area (Å²) in [6.45, 7) is 1.95. The minimum atomic E-state index is 0.439. The van der Waals surface area contributed by atoms with Crippen molar-refractivity contribution in [1.82, 2.24) is 24.6 Å². The number of aromatic nitrogens is 5. The summed E-state index contributed by atoms with van der Waals surface area (Å²) in [5, 5.41) is 4.74. The number of hydrogen-bond donors (Lipinski definition) is 0. The average molecular weight is 428 g/mol. The van der Waals surface area contributed by atoms with Crippen molar-refractivity contribution in [2.45, 2.75) is 37.6 Å². The highest BCUT2D eigenvalue weighted by atomic mass is 79.9. The SMILES string of the molecule is CN(c1ncc(Br)cn1)C1CCN(c2nccn3nc(C4CC4)cc23)CC1. The summed E-state index contributed by atoms with van der Waals surface area (Å²) in [6, 6.07) is 2.67. The lowest BCUT2D eigenvalue weighted by atomic mass is 10.0. The molecular weight excluding hydrogens is 406 g/mol. The van der Waals surface area contributed by atoms with Crippen LogP contribution in [0.15, 0.2) is 35.3 Å². The molecule has 0 aromatic carbocycles. The van der Waals surface area contributed by atoms with Crippen molar-refractivity contribution in [3.8, 4) is 0 Å². The van der Waals surface area contributed by atoms with Crippen molar-refractivity contribution in [2.75, 3.05) is 29.9 Å². The standard InChI is InChI=1S/C19H22BrN7/c1-25(19-22-11-14(20)12-23-19)15-4-7-26(8-5-15)18-17-10-16(13-2-3-13)24-27(17)9-6-21-18/h6,9-13,15H,2-5,7-8H2,1H3. The molecule has 7 nitrogen and oxygen atoms in total. The van der Waals surface area contributed by atoms with E-state index in [-0.39, 0.29) is 0 Å². The Labute approximate surface area is 166 Å². The van der Waals surface area contributed by atoms with Crippen molar-refractivity contribution < 1.29 is 0 Å². The summed E-state index contributed by atoms with van der Waals surface area (Å²) in [6.07, 6.45) is 12.1. The van der Waals surface area contributed by atoms with Crippen molar-refractivity contribution in [2.24, 2.45) is 0 Å². The normalized spacial score (nSPS) is 18.2. The minimum Gasteiger partial charge on any atom is -0.355 e. The van der Waals surface area contributed by atoms with Crippen LogP contribution in [0.1, 0.15) is 37.3 Å². The van der Waals surface area contributed by atoms with Gasteiger partial charge in [-0.05, 0) is 47.7 Å². The van der Waals surface area contributed by atoms with Gasteiger partial charge in [0.1, 0.15) is 5.52 Å². The van der Waals surface area contributed by atoms with Crippen molar-refractivity contribution >= 4 is 33.2 Å². The fourth-order valence-corrected chi connectivity index (χ4v) is 4.07. The molecule has 0 N–H and O–H groups in total. The van der Waals surface area contributed by atoms with Gasteiger partial charge in [-0.25, -0.2) is 19.5 Å². The second-order valence-electron chi connectivity index (χ2n) is 7.45. The van der Waals surface area contributed by atoms with Crippen LogP contribution in [0.4, 0.5) is 11.8 Å². The van der Waals surface area contributed by atoms with Gasteiger partial charge in [0.15, 0.2) is 5.82 Å². The molecule has 1 saturated heterocycles. The molecule has 0 spiro atoms. The number of nitrogens with zero attached hydrogens (tertiary/aromatic N) is 7. The van der Waals surface area contributed by atoms with E-state index >= 15 is 0 Å². The van der Waals surface area contributed by atoms with Gasteiger partial charge >= 0.3 is 0 Å². The molecule has 5 rings (SSSR count). The zero-order valence-electron chi connectivity index (χ0n) is 15.3. The van der Waals surface area contributed by atoms with Gasteiger partial charge in [-0.15, -0.1) is 0 Å². The quantitative estimate of drug-likeness (QED) is 0.636. The van der Waals surface area contributed by atoms with Gasteiger partial charge in [0.25, 0.3) is 0 Å². The van der Waals surface area contributed by atoms with Gasteiger partial charge in [0.05, 0.1) is 10.2 Å². The molecule has 0 radical (unpaired) electrons. The van der Waals surface area contributed by atoms with Crippen LogP contribution in [0, 0.1) is 0 Å². The zero-order chi connectivity index (χ0) is 18.4. The molecule has 3 aromatic heterocycles. The molecule has 1 saturated carbocycles. The first-order valence-corrected chi connectivity index (χ1v) is 10.3. The first-order valence-electron chi connectivity index (χ1n) is 9.48. The number of fused-ring (bicyclic) bond motifs is 1. The first kappa shape index (κ1) is 16.9. The van der Waals surface area contributed by atoms with E-state index in [0.29, 0.717) is 12.0 Å². The van der Waals surface area contributed by atoms with E-state index in [1.807, 2.05) is 16.9 Å². The molecule has 0 atom stereocenters. The Bertz CT molecular complexity index is 942. The Morgan fingerprint density at radius 1 is 1.07 bits per heavy atom.